The van der Waals surface area contributed by atoms with Gasteiger partial charge in [0.05, 0.1) is 11.7 Å². The Morgan fingerprint density at radius 1 is 0.487 bits per heavy atom. The van der Waals surface area contributed by atoms with E-state index in [1.54, 1.807) is 0 Å². The van der Waals surface area contributed by atoms with E-state index in [0.29, 0.717) is 11.8 Å². The van der Waals surface area contributed by atoms with E-state index in [1.165, 1.54) is 53.5 Å². The van der Waals surface area contributed by atoms with Gasteiger partial charge >= 0.3 is 0 Å². The molecule has 0 bridgehead atoms. The third-order valence-electron chi connectivity index (χ3n) is 6.92. The van der Waals surface area contributed by atoms with Crippen molar-refractivity contribution in [1.29, 1.82) is 0 Å². The molecule has 3 heterocycles. The molecular formula is C34H32N2S3. The van der Waals surface area contributed by atoms with Crippen LogP contribution in [0.1, 0.15) is 38.8 Å². The number of fused-ring (bicyclic) bond motifs is 1. The van der Waals surface area contributed by atoms with Crippen LogP contribution in [-0.2, 0) is 12.8 Å². The van der Waals surface area contributed by atoms with Crippen molar-refractivity contribution in [2.24, 2.45) is 11.8 Å². The van der Waals surface area contributed by atoms with Crippen LogP contribution in [0.3, 0.4) is 0 Å². The molecule has 0 spiro atoms. The van der Waals surface area contributed by atoms with E-state index in [0.717, 1.165) is 35.0 Å². The Hall–Kier alpha value is -3.12. The van der Waals surface area contributed by atoms with Crippen LogP contribution >= 0.6 is 34.4 Å². The summed E-state index contributed by atoms with van der Waals surface area (Å²) in [5.74, 6) is 1.34. The second-order valence-corrected chi connectivity index (χ2v) is 13.7. The van der Waals surface area contributed by atoms with Gasteiger partial charge in [0.2, 0.25) is 0 Å². The molecule has 0 saturated heterocycles. The molecule has 0 N–H and O–H groups in total. The second-order valence-electron chi connectivity index (χ2n) is 11.0. The molecule has 2 nitrogen and oxygen atoms in total. The molecule has 0 unspecified atom stereocenters. The summed E-state index contributed by atoms with van der Waals surface area (Å²) in [6, 6.07) is 31.4. The van der Waals surface area contributed by atoms with Gasteiger partial charge in [-0.3, -0.25) is 0 Å². The molecule has 0 amide bonds. The van der Waals surface area contributed by atoms with Gasteiger partial charge in [-0.05, 0) is 71.2 Å². The van der Waals surface area contributed by atoms with Gasteiger partial charge in [0.25, 0.3) is 0 Å². The number of hydrogen-bond donors (Lipinski definition) is 0. The summed E-state index contributed by atoms with van der Waals surface area (Å²) >= 11 is 4.95. The number of nitrogens with zero attached hydrogens (tertiary/aromatic N) is 2. The van der Waals surface area contributed by atoms with E-state index in [-0.39, 0.29) is 0 Å². The zero-order valence-electron chi connectivity index (χ0n) is 22.8. The highest BCUT2D eigenvalue weighted by Gasteiger charge is 2.17. The van der Waals surface area contributed by atoms with Crippen molar-refractivity contribution in [3.63, 3.8) is 0 Å². The van der Waals surface area contributed by atoms with Crippen LogP contribution in [0.4, 0.5) is 0 Å². The third-order valence-corrected chi connectivity index (χ3v) is 9.79. The topological polar surface area (TPSA) is 25.8 Å². The quantitative estimate of drug-likeness (QED) is 0.184. The minimum absolute atomic E-state index is 0.670. The molecule has 0 saturated carbocycles. The van der Waals surface area contributed by atoms with E-state index in [2.05, 4.69) is 113 Å². The van der Waals surface area contributed by atoms with Gasteiger partial charge in [-0.25, -0.2) is 0 Å². The Kier molecular flexibility index (Phi) is 7.48. The molecular weight excluding hydrogens is 533 g/mol. The van der Waals surface area contributed by atoms with Crippen molar-refractivity contribution in [2.75, 3.05) is 0 Å². The summed E-state index contributed by atoms with van der Waals surface area (Å²) in [6.07, 6.45) is 2.24. The van der Waals surface area contributed by atoms with Crippen LogP contribution in [0, 0.1) is 11.8 Å². The fourth-order valence-corrected chi connectivity index (χ4v) is 7.74. The van der Waals surface area contributed by atoms with Gasteiger partial charge in [0.1, 0.15) is 11.0 Å². The van der Waals surface area contributed by atoms with Crippen molar-refractivity contribution in [1.82, 2.24) is 8.75 Å². The van der Waals surface area contributed by atoms with E-state index in [9.17, 15) is 0 Å². The smallest absolute Gasteiger partial charge is 0.114 e. The summed E-state index contributed by atoms with van der Waals surface area (Å²) in [5, 5.41) is 0. The first-order valence-electron chi connectivity index (χ1n) is 13.6. The molecule has 196 valence electrons. The van der Waals surface area contributed by atoms with Crippen molar-refractivity contribution in [3.8, 4) is 41.8 Å². The first kappa shape index (κ1) is 26.1. The van der Waals surface area contributed by atoms with E-state index in [1.807, 2.05) is 22.7 Å². The van der Waals surface area contributed by atoms with Crippen molar-refractivity contribution in [2.45, 2.75) is 40.5 Å². The lowest BCUT2D eigenvalue weighted by Crippen LogP contribution is -1.93. The van der Waals surface area contributed by atoms with Crippen LogP contribution in [0.2, 0.25) is 0 Å². The van der Waals surface area contributed by atoms with Crippen molar-refractivity contribution in [3.05, 3.63) is 96.1 Å². The molecule has 3 aromatic carbocycles. The van der Waals surface area contributed by atoms with Crippen molar-refractivity contribution >= 4 is 45.4 Å². The zero-order valence-corrected chi connectivity index (χ0v) is 25.2. The largest absolute Gasteiger partial charge is 0.172 e. The first-order chi connectivity index (χ1) is 18.9. The highest BCUT2D eigenvalue weighted by Crippen LogP contribution is 2.42. The molecule has 0 aliphatic rings. The van der Waals surface area contributed by atoms with E-state index in [4.69, 9.17) is 8.75 Å². The van der Waals surface area contributed by atoms with Crippen LogP contribution in [-0.4, -0.2) is 8.75 Å². The highest BCUT2D eigenvalue weighted by molar-refractivity contribution is 7.19. The Morgan fingerprint density at radius 2 is 0.872 bits per heavy atom. The Balaban J connectivity index is 1.27. The van der Waals surface area contributed by atoms with Crippen LogP contribution in [0.5, 0.6) is 0 Å². The van der Waals surface area contributed by atoms with E-state index < -0.39 is 0 Å². The Bertz CT molecular complexity index is 1570. The molecule has 6 rings (SSSR count). The molecule has 0 aliphatic heterocycles. The van der Waals surface area contributed by atoms with Crippen LogP contribution in [0.25, 0.3) is 52.8 Å². The van der Waals surface area contributed by atoms with Gasteiger partial charge in [0, 0.05) is 30.6 Å². The SMILES string of the molecule is CC(C)Cc1ccc(-c2ccc(-c3ccc(-c4ccc(-c5ccc(CC(C)C)cc5)s4)c4nsnc34)s2)cc1. The van der Waals surface area contributed by atoms with Crippen LogP contribution in [0.15, 0.2) is 84.9 Å². The molecule has 6 aromatic rings. The molecule has 0 radical (unpaired) electrons. The van der Waals surface area contributed by atoms with Gasteiger partial charge in [-0.1, -0.05) is 88.4 Å². The predicted octanol–water partition coefficient (Wildman–Crippen LogP) is 10.9. The molecule has 0 atom stereocenters. The number of hydrogen-bond acceptors (Lipinski definition) is 5. The van der Waals surface area contributed by atoms with E-state index >= 15 is 0 Å². The molecule has 0 fully saturated rings. The number of aromatic nitrogens is 2. The molecule has 0 aliphatic carbocycles. The average Bonchev–Trinajstić information content (AvgIpc) is 3.70. The monoisotopic (exact) mass is 564 g/mol. The first-order valence-corrected chi connectivity index (χ1v) is 15.9. The summed E-state index contributed by atoms with van der Waals surface area (Å²) in [4.78, 5) is 5.02. The maximum Gasteiger partial charge on any atom is 0.114 e. The van der Waals surface area contributed by atoms with Crippen molar-refractivity contribution < 1.29 is 0 Å². The van der Waals surface area contributed by atoms with Gasteiger partial charge < -0.3 is 0 Å². The maximum absolute atomic E-state index is 4.74. The Labute approximate surface area is 243 Å². The fraction of sp³-hybridized carbons (Fsp3) is 0.235. The summed E-state index contributed by atoms with van der Waals surface area (Å²) in [7, 11) is 0. The molecule has 5 heteroatoms. The van der Waals surface area contributed by atoms with Crippen LogP contribution < -0.4 is 0 Å². The lowest BCUT2D eigenvalue weighted by Gasteiger charge is -2.06. The van der Waals surface area contributed by atoms with Gasteiger partial charge in [-0.2, -0.15) is 8.75 Å². The summed E-state index contributed by atoms with van der Waals surface area (Å²) in [6.45, 7) is 9.07. The number of rotatable bonds is 8. The predicted molar refractivity (Wildman–Crippen MR) is 172 cm³/mol. The Morgan fingerprint density at radius 3 is 1.26 bits per heavy atom. The molecule has 3 aromatic heterocycles. The fourth-order valence-electron chi connectivity index (χ4n) is 5.09. The third kappa shape index (κ3) is 5.62. The highest BCUT2D eigenvalue weighted by atomic mass is 32.1. The maximum atomic E-state index is 4.74. The minimum Gasteiger partial charge on any atom is -0.172 e. The normalized spacial score (nSPS) is 11.7. The van der Waals surface area contributed by atoms with Gasteiger partial charge in [-0.15, -0.1) is 22.7 Å². The minimum atomic E-state index is 0.670. The molecule has 39 heavy (non-hydrogen) atoms. The number of thiophene rings is 2. The summed E-state index contributed by atoms with van der Waals surface area (Å²) < 4.78 is 9.48. The second kappa shape index (κ2) is 11.2. The van der Waals surface area contributed by atoms with Gasteiger partial charge in [0.15, 0.2) is 0 Å². The average molecular weight is 565 g/mol. The lowest BCUT2D eigenvalue weighted by atomic mass is 10.0. The summed E-state index contributed by atoms with van der Waals surface area (Å²) in [5.41, 5.74) is 9.64. The standard InChI is InChI=1S/C34H32N2S3/c1-21(2)19-23-5-9-25(10-6-23)29-15-17-31(37-29)27-13-14-28(34-33(27)35-39-36-34)32-18-16-30(38-32)26-11-7-24(8-12-26)20-22(3)4/h5-18,21-22H,19-20H2,1-4H3. The zero-order chi connectivity index (χ0) is 26.9. The number of benzene rings is 3. The lowest BCUT2D eigenvalue weighted by molar-refractivity contribution is 0.647.